The largest absolute Gasteiger partial charge is 0.410 e. The van der Waals surface area contributed by atoms with Crippen LogP contribution in [0.4, 0.5) is 0 Å². The quantitative estimate of drug-likeness (QED) is 0.383. The summed E-state index contributed by atoms with van der Waals surface area (Å²) in [7, 11) is -0.184. The summed E-state index contributed by atoms with van der Waals surface area (Å²) in [6.45, 7) is 14.7. The molecule has 3 aliphatic carbocycles. The van der Waals surface area contributed by atoms with Crippen LogP contribution < -0.4 is 0 Å². The van der Waals surface area contributed by atoms with Crippen LogP contribution in [0.25, 0.3) is 0 Å². The van der Waals surface area contributed by atoms with Gasteiger partial charge < -0.3 is 19.0 Å². The van der Waals surface area contributed by atoms with Crippen molar-refractivity contribution < 1.29 is 19.0 Å². The van der Waals surface area contributed by atoms with E-state index >= 15 is 0 Å². The van der Waals surface area contributed by atoms with Gasteiger partial charge in [0.05, 0.1) is 12.2 Å². The number of ether oxygens (including phenoxy) is 2. The van der Waals surface area contributed by atoms with Crippen LogP contribution in [0.3, 0.4) is 0 Å². The Morgan fingerprint density at radius 1 is 1.26 bits per heavy atom. The minimum absolute atomic E-state index is 0.110. The summed E-state index contributed by atoms with van der Waals surface area (Å²) >= 11 is 0. The summed E-state index contributed by atoms with van der Waals surface area (Å²) in [5, 5.41) is 9.83. The Bertz CT molecular complexity index is 567. The zero-order valence-electron chi connectivity index (χ0n) is 18.4. The van der Waals surface area contributed by atoms with Gasteiger partial charge in [0, 0.05) is 19.1 Å². The third-order valence-corrected chi connectivity index (χ3v) is 12.4. The lowest BCUT2D eigenvalue weighted by Crippen LogP contribution is -2.49. The first-order valence-electron chi connectivity index (χ1n) is 10.6. The highest BCUT2D eigenvalue weighted by Gasteiger charge is 2.55. The van der Waals surface area contributed by atoms with Gasteiger partial charge in [0.1, 0.15) is 6.79 Å². The number of aliphatic hydroxyl groups is 1. The topological polar surface area (TPSA) is 47.9 Å². The van der Waals surface area contributed by atoms with Crippen molar-refractivity contribution in [1.82, 2.24) is 0 Å². The standard InChI is InChI=1S/C22H40O4Si/c1-21(2,3)27(6,7)26-19-12-22(4)16(8-9-20(22)25-14-24-5)11-18(19)17-10-15(17)13-23/h11,15-17,19-20,23H,8-10,12-14H2,1-7H3/t15-,16+,17-,19+,20-,22-/m1/s1. The average Bonchev–Trinajstić information content (AvgIpc) is 3.27. The Morgan fingerprint density at radius 3 is 2.52 bits per heavy atom. The van der Waals surface area contributed by atoms with E-state index < -0.39 is 8.32 Å². The summed E-state index contributed by atoms with van der Waals surface area (Å²) < 4.78 is 18.3. The van der Waals surface area contributed by atoms with Crippen LogP contribution >= 0.6 is 0 Å². The van der Waals surface area contributed by atoms with E-state index in [0.717, 1.165) is 19.3 Å². The molecule has 0 unspecified atom stereocenters. The maximum absolute atomic E-state index is 9.64. The summed E-state index contributed by atoms with van der Waals surface area (Å²) in [6, 6.07) is 0. The molecule has 6 atom stereocenters. The zero-order chi connectivity index (χ0) is 20.0. The molecule has 0 spiro atoms. The van der Waals surface area contributed by atoms with Crippen molar-refractivity contribution in [3.63, 3.8) is 0 Å². The van der Waals surface area contributed by atoms with Gasteiger partial charge in [-0.25, -0.2) is 0 Å². The van der Waals surface area contributed by atoms with Crippen molar-refractivity contribution in [2.75, 3.05) is 20.5 Å². The maximum atomic E-state index is 9.64. The normalized spacial score (nSPS) is 39.3. The van der Waals surface area contributed by atoms with Crippen molar-refractivity contribution >= 4 is 8.32 Å². The number of allylic oxidation sites excluding steroid dienone is 1. The maximum Gasteiger partial charge on any atom is 0.192 e. The van der Waals surface area contributed by atoms with Crippen molar-refractivity contribution in [3.05, 3.63) is 11.6 Å². The van der Waals surface area contributed by atoms with Gasteiger partial charge in [-0.2, -0.15) is 0 Å². The van der Waals surface area contributed by atoms with Crippen LogP contribution in [-0.2, 0) is 13.9 Å². The molecule has 0 aromatic rings. The number of fused-ring (bicyclic) bond motifs is 1. The van der Waals surface area contributed by atoms with Crippen LogP contribution in [0.15, 0.2) is 11.6 Å². The lowest BCUT2D eigenvalue weighted by atomic mass is 9.68. The number of methoxy groups -OCH3 is 1. The smallest absolute Gasteiger partial charge is 0.192 e. The molecule has 4 nitrogen and oxygen atoms in total. The van der Waals surface area contributed by atoms with Crippen molar-refractivity contribution in [2.24, 2.45) is 23.2 Å². The first-order chi connectivity index (χ1) is 12.5. The molecule has 0 aromatic carbocycles. The van der Waals surface area contributed by atoms with E-state index in [2.05, 4.69) is 46.9 Å². The van der Waals surface area contributed by atoms with Gasteiger partial charge in [-0.1, -0.05) is 33.8 Å². The molecule has 3 aliphatic rings. The van der Waals surface area contributed by atoms with Crippen LogP contribution in [0, 0.1) is 23.2 Å². The second kappa shape index (κ2) is 7.56. The number of aliphatic hydroxyl groups excluding tert-OH is 1. The van der Waals surface area contributed by atoms with E-state index in [9.17, 15) is 5.11 Å². The van der Waals surface area contributed by atoms with Gasteiger partial charge in [-0.3, -0.25) is 0 Å². The first kappa shape index (κ1) is 21.5. The van der Waals surface area contributed by atoms with E-state index in [4.69, 9.17) is 13.9 Å². The van der Waals surface area contributed by atoms with Crippen LogP contribution in [0.5, 0.6) is 0 Å². The molecule has 0 radical (unpaired) electrons. The third-order valence-electron chi connectivity index (χ3n) is 7.93. The number of hydrogen-bond acceptors (Lipinski definition) is 4. The third kappa shape index (κ3) is 4.09. The number of hydrogen-bond donors (Lipinski definition) is 1. The SMILES string of the molecule is COCO[C@@H]1CC[C@H]2C=C([C@@H]3C[C@@H]3CO)[C@@H](O[Si](C)(C)C(C)(C)C)C[C@]21C. The fraction of sp³-hybridized carbons (Fsp3) is 0.909. The minimum atomic E-state index is -1.88. The minimum Gasteiger partial charge on any atom is -0.410 e. The Morgan fingerprint density at radius 2 is 1.96 bits per heavy atom. The zero-order valence-corrected chi connectivity index (χ0v) is 19.4. The molecule has 1 N–H and O–H groups in total. The molecule has 0 aromatic heterocycles. The summed E-state index contributed by atoms with van der Waals surface area (Å²) in [5.41, 5.74) is 1.59. The summed E-state index contributed by atoms with van der Waals surface area (Å²) in [4.78, 5) is 0. The monoisotopic (exact) mass is 396 g/mol. The van der Waals surface area contributed by atoms with Crippen molar-refractivity contribution in [1.29, 1.82) is 0 Å². The van der Waals surface area contributed by atoms with E-state index in [1.165, 1.54) is 12.0 Å². The lowest BCUT2D eigenvalue weighted by Gasteiger charge is -2.47. The highest BCUT2D eigenvalue weighted by atomic mass is 28.4. The number of rotatable bonds is 7. The highest BCUT2D eigenvalue weighted by Crippen LogP contribution is 2.58. The van der Waals surface area contributed by atoms with Crippen molar-refractivity contribution in [3.8, 4) is 0 Å². The highest BCUT2D eigenvalue weighted by molar-refractivity contribution is 6.74. The Labute approximate surface area is 166 Å². The molecule has 3 rings (SSSR count). The predicted octanol–water partition coefficient (Wildman–Crippen LogP) is 4.74. The van der Waals surface area contributed by atoms with E-state index in [1.807, 2.05) is 0 Å². The van der Waals surface area contributed by atoms with Crippen LogP contribution in [0.1, 0.15) is 53.4 Å². The van der Waals surface area contributed by atoms with Gasteiger partial charge in [0.2, 0.25) is 0 Å². The predicted molar refractivity (Wildman–Crippen MR) is 111 cm³/mol. The molecule has 0 bridgehead atoms. The molecule has 0 amide bonds. The second-order valence-electron chi connectivity index (χ2n) is 10.8. The van der Waals surface area contributed by atoms with E-state index in [0.29, 0.717) is 31.2 Å². The average molecular weight is 397 g/mol. The Hall–Kier alpha value is -0.203. The molecule has 156 valence electrons. The summed E-state index contributed by atoms with van der Waals surface area (Å²) in [6.07, 6.45) is 7.34. The fourth-order valence-corrected chi connectivity index (χ4v) is 6.21. The molecular formula is C22H40O4Si. The lowest BCUT2D eigenvalue weighted by molar-refractivity contribution is -0.116. The summed E-state index contributed by atoms with van der Waals surface area (Å²) in [5.74, 6) is 1.51. The molecule has 5 heteroatoms. The van der Waals surface area contributed by atoms with E-state index in [-0.39, 0.29) is 22.7 Å². The van der Waals surface area contributed by atoms with Crippen molar-refractivity contribution in [2.45, 2.75) is 83.7 Å². The first-order valence-corrected chi connectivity index (χ1v) is 13.5. The van der Waals surface area contributed by atoms with Gasteiger partial charge in [0.15, 0.2) is 8.32 Å². The Balaban J connectivity index is 1.86. The van der Waals surface area contributed by atoms with Gasteiger partial charge in [-0.05, 0) is 67.1 Å². The molecule has 2 fully saturated rings. The molecule has 0 heterocycles. The van der Waals surface area contributed by atoms with E-state index in [1.54, 1.807) is 7.11 Å². The van der Waals surface area contributed by atoms with Crippen LogP contribution in [-0.4, -0.2) is 46.1 Å². The second-order valence-corrected chi connectivity index (χ2v) is 15.5. The fourth-order valence-electron chi connectivity index (χ4n) is 4.93. The van der Waals surface area contributed by atoms with Gasteiger partial charge >= 0.3 is 0 Å². The van der Waals surface area contributed by atoms with Gasteiger partial charge in [0.25, 0.3) is 0 Å². The molecule has 2 saturated carbocycles. The molecule has 0 saturated heterocycles. The molecule has 0 aliphatic heterocycles. The van der Waals surface area contributed by atoms with Crippen LogP contribution in [0.2, 0.25) is 18.1 Å². The Kier molecular flexibility index (Phi) is 6.02. The molecular weight excluding hydrogens is 356 g/mol. The molecule has 27 heavy (non-hydrogen) atoms. The van der Waals surface area contributed by atoms with Gasteiger partial charge in [-0.15, -0.1) is 0 Å².